The molecule has 3 N–H and O–H groups in total. The lowest BCUT2D eigenvalue weighted by Crippen LogP contribution is -2.31. The minimum absolute atomic E-state index is 0.0871. The molecule has 4 nitrogen and oxygen atoms in total. The summed E-state index contributed by atoms with van der Waals surface area (Å²) in [6.07, 6.45) is 2.09. The summed E-state index contributed by atoms with van der Waals surface area (Å²) in [4.78, 5) is 0. The molecule has 0 aromatic carbocycles. The average Bonchev–Trinajstić information content (AvgIpc) is 2.29. The van der Waals surface area contributed by atoms with Gasteiger partial charge in [-0.05, 0) is 30.5 Å². The van der Waals surface area contributed by atoms with Crippen molar-refractivity contribution >= 4 is 5.82 Å². The molecule has 0 aliphatic heterocycles. The Balaban J connectivity index is 2.49. The van der Waals surface area contributed by atoms with Gasteiger partial charge < -0.3 is 11.1 Å². The molecule has 1 rings (SSSR count). The van der Waals surface area contributed by atoms with Crippen LogP contribution in [0.25, 0.3) is 0 Å². The van der Waals surface area contributed by atoms with Gasteiger partial charge in [0.25, 0.3) is 0 Å². The van der Waals surface area contributed by atoms with E-state index in [4.69, 9.17) is 5.73 Å². The number of aromatic nitrogens is 2. The predicted molar refractivity (Wildman–Crippen MR) is 67.4 cm³/mol. The molecular formula is C12H22N4. The van der Waals surface area contributed by atoms with Gasteiger partial charge in [0.05, 0.1) is 5.69 Å². The third-order valence-corrected chi connectivity index (χ3v) is 2.53. The summed E-state index contributed by atoms with van der Waals surface area (Å²) in [7, 11) is 0. The van der Waals surface area contributed by atoms with E-state index in [1.54, 1.807) is 0 Å². The van der Waals surface area contributed by atoms with E-state index < -0.39 is 0 Å². The smallest absolute Gasteiger partial charge is 0.148 e. The average molecular weight is 222 g/mol. The lowest BCUT2D eigenvalue weighted by atomic mass is 9.94. The highest BCUT2D eigenvalue weighted by Crippen LogP contribution is 2.13. The van der Waals surface area contributed by atoms with Crippen molar-refractivity contribution in [2.75, 3.05) is 18.4 Å². The number of nitrogens with zero attached hydrogens (tertiary/aromatic N) is 2. The highest BCUT2D eigenvalue weighted by molar-refractivity contribution is 5.33. The first-order valence-corrected chi connectivity index (χ1v) is 5.84. The molecule has 1 heterocycles. The molecule has 1 aromatic rings. The third kappa shape index (κ3) is 4.14. The second-order valence-electron chi connectivity index (χ2n) is 4.88. The first-order chi connectivity index (χ1) is 7.57. The van der Waals surface area contributed by atoms with Crippen LogP contribution in [0.5, 0.6) is 0 Å². The van der Waals surface area contributed by atoms with Gasteiger partial charge in [0.15, 0.2) is 0 Å². The molecule has 0 atom stereocenters. The normalized spacial score (nSPS) is 11.5. The van der Waals surface area contributed by atoms with E-state index in [1.807, 2.05) is 12.1 Å². The highest BCUT2D eigenvalue weighted by Gasteiger charge is 2.15. The van der Waals surface area contributed by atoms with Crippen LogP contribution in [-0.2, 0) is 6.42 Å². The number of hydrogen-bond acceptors (Lipinski definition) is 4. The maximum Gasteiger partial charge on any atom is 0.148 e. The van der Waals surface area contributed by atoms with Crippen molar-refractivity contribution in [3.8, 4) is 0 Å². The molecule has 16 heavy (non-hydrogen) atoms. The zero-order chi connectivity index (χ0) is 12.0. The number of rotatable bonds is 6. The first kappa shape index (κ1) is 12.9. The second-order valence-corrected chi connectivity index (χ2v) is 4.88. The molecule has 0 unspecified atom stereocenters. The fraction of sp³-hybridized carbons (Fsp3) is 0.667. The molecular weight excluding hydrogens is 200 g/mol. The predicted octanol–water partition coefficient (Wildman–Crippen LogP) is 1.83. The molecule has 0 bridgehead atoms. The van der Waals surface area contributed by atoms with Crippen molar-refractivity contribution in [1.29, 1.82) is 0 Å². The van der Waals surface area contributed by atoms with Gasteiger partial charge >= 0.3 is 0 Å². The molecule has 0 aliphatic carbocycles. The highest BCUT2D eigenvalue weighted by atomic mass is 15.2. The van der Waals surface area contributed by atoms with E-state index in [1.165, 1.54) is 0 Å². The summed E-state index contributed by atoms with van der Waals surface area (Å²) in [5.74, 6) is 0.821. The second kappa shape index (κ2) is 5.80. The molecule has 0 spiro atoms. The van der Waals surface area contributed by atoms with E-state index in [-0.39, 0.29) is 5.41 Å². The van der Waals surface area contributed by atoms with Crippen LogP contribution >= 0.6 is 0 Å². The van der Waals surface area contributed by atoms with Gasteiger partial charge in [0.2, 0.25) is 0 Å². The quantitative estimate of drug-likeness (QED) is 0.770. The summed E-state index contributed by atoms with van der Waals surface area (Å²) >= 11 is 0. The summed E-state index contributed by atoms with van der Waals surface area (Å²) in [5, 5.41) is 11.5. The van der Waals surface area contributed by atoms with Crippen molar-refractivity contribution < 1.29 is 0 Å². The van der Waals surface area contributed by atoms with Crippen LogP contribution in [0.3, 0.4) is 0 Å². The Kier molecular flexibility index (Phi) is 4.68. The van der Waals surface area contributed by atoms with E-state index >= 15 is 0 Å². The molecule has 90 valence electrons. The van der Waals surface area contributed by atoms with Crippen LogP contribution in [0.4, 0.5) is 5.82 Å². The lowest BCUT2D eigenvalue weighted by molar-refractivity contribution is 0.405. The number of aryl methyl sites for hydroxylation is 1. The molecule has 0 aliphatic rings. The Hall–Kier alpha value is -1.16. The molecule has 0 amide bonds. The minimum atomic E-state index is 0.0871. The van der Waals surface area contributed by atoms with Crippen LogP contribution in [0, 0.1) is 5.41 Å². The molecule has 0 saturated carbocycles. The maximum atomic E-state index is 5.66. The maximum absolute atomic E-state index is 5.66. The zero-order valence-corrected chi connectivity index (χ0v) is 10.5. The standard InChI is InChI=1S/C12H22N4/c1-4-5-10-6-7-11(16-15-10)14-9-12(2,3)8-13/h6-7H,4-5,8-9,13H2,1-3H3,(H,14,16). The number of nitrogens with one attached hydrogen (secondary N) is 1. The minimum Gasteiger partial charge on any atom is -0.368 e. The monoisotopic (exact) mass is 222 g/mol. The molecule has 1 aromatic heterocycles. The van der Waals surface area contributed by atoms with Gasteiger partial charge in [-0.1, -0.05) is 27.2 Å². The summed E-state index contributed by atoms with van der Waals surface area (Å²) in [5.41, 5.74) is 6.79. The van der Waals surface area contributed by atoms with Gasteiger partial charge in [0.1, 0.15) is 5.82 Å². The fourth-order valence-electron chi connectivity index (χ4n) is 1.25. The first-order valence-electron chi connectivity index (χ1n) is 5.84. The van der Waals surface area contributed by atoms with E-state index in [2.05, 4.69) is 36.3 Å². The number of nitrogens with two attached hydrogens (primary N) is 1. The molecule has 0 saturated heterocycles. The van der Waals surface area contributed by atoms with Crippen molar-refractivity contribution in [3.63, 3.8) is 0 Å². The molecule has 0 radical (unpaired) electrons. The van der Waals surface area contributed by atoms with Gasteiger partial charge in [-0.3, -0.25) is 0 Å². The Morgan fingerprint density at radius 2 is 2.06 bits per heavy atom. The van der Waals surface area contributed by atoms with Gasteiger partial charge in [-0.25, -0.2) is 0 Å². The molecule has 0 fully saturated rings. The molecule has 4 heteroatoms. The van der Waals surface area contributed by atoms with Crippen LogP contribution in [-0.4, -0.2) is 23.3 Å². The van der Waals surface area contributed by atoms with Crippen LogP contribution in [0.2, 0.25) is 0 Å². The van der Waals surface area contributed by atoms with E-state index in [0.29, 0.717) is 6.54 Å². The largest absolute Gasteiger partial charge is 0.368 e. The van der Waals surface area contributed by atoms with E-state index in [0.717, 1.165) is 30.9 Å². The lowest BCUT2D eigenvalue weighted by Gasteiger charge is -2.22. The summed E-state index contributed by atoms with van der Waals surface area (Å²) < 4.78 is 0. The number of anilines is 1. The van der Waals surface area contributed by atoms with Crippen molar-refractivity contribution in [1.82, 2.24) is 10.2 Å². The topological polar surface area (TPSA) is 63.8 Å². The van der Waals surface area contributed by atoms with Crippen LogP contribution in [0.1, 0.15) is 32.9 Å². The van der Waals surface area contributed by atoms with Crippen LogP contribution in [0.15, 0.2) is 12.1 Å². The fourth-order valence-corrected chi connectivity index (χ4v) is 1.25. The Morgan fingerprint density at radius 3 is 2.56 bits per heavy atom. The third-order valence-electron chi connectivity index (χ3n) is 2.53. The zero-order valence-electron chi connectivity index (χ0n) is 10.5. The van der Waals surface area contributed by atoms with E-state index in [9.17, 15) is 0 Å². The van der Waals surface area contributed by atoms with Crippen molar-refractivity contribution in [3.05, 3.63) is 17.8 Å². The number of hydrogen-bond donors (Lipinski definition) is 2. The van der Waals surface area contributed by atoms with Crippen molar-refractivity contribution in [2.45, 2.75) is 33.6 Å². The van der Waals surface area contributed by atoms with Crippen molar-refractivity contribution in [2.24, 2.45) is 11.1 Å². The Bertz CT molecular complexity index is 305. The van der Waals surface area contributed by atoms with Gasteiger partial charge in [-0.15, -0.1) is 5.10 Å². The SMILES string of the molecule is CCCc1ccc(NCC(C)(C)CN)nn1. The van der Waals surface area contributed by atoms with Gasteiger partial charge in [-0.2, -0.15) is 5.10 Å². The summed E-state index contributed by atoms with van der Waals surface area (Å²) in [6.45, 7) is 7.85. The van der Waals surface area contributed by atoms with Crippen LogP contribution < -0.4 is 11.1 Å². The Morgan fingerprint density at radius 1 is 1.31 bits per heavy atom. The summed E-state index contributed by atoms with van der Waals surface area (Å²) in [6, 6.07) is 4.00. The Labute approximate surface area is 97.6 Å². The van der Waals surface area contributed by atoms with Gasteiger partial charge in [0, 0.05) is 6.54 Å².